The van der Waals surface area contributed by atoms with Gasteiger partial charge in [0.1, 0.15) is 18.5 Å². The molecule has 0 radical (unpaired) electrons. The molecule has 0 unspecified atom stereocenters. The Balaban J connectivity index is 1.48. The summed E-state index contributed by atoms with van der Waals surface area (Å²) >= 11 is 0. The van der Waals surface area contributed by atoms with Crippen molar-refractivity contribution < 1.29 is 0 Å². The first-order valence-corrected chi connectivity index (χ1v) is 11.0. The molecule has 1 saturated carbocycles. The molecule has 0 spiro atoms. The summed E-state index contributed by atoms with van der Waals surface area (Å²) in [5.74, 6) is 1.18. The van der Waals surface area contributed by atoms with Crippen LogP contribution in [-0.4, -0.2) is 74.5 Å². The number of likely N-dealkylation sites (N-methyl/N-ethyl adjacent to an activating group) is 2. The third-order valence-corrected chi connectivity index (χ3v) is 5.67. The third-order valence-electron chi connectivity index (χ3n) is 5.67. The number of rotatable bonds is 9. The van der Waals surface area contributed by atoms with Gasteiger partial charge in [-0.05, 0) is 45.1 Å². The fourth-order valence-corrected chi connectivity index (χ4v) is 3.67. The number of benzene rings is 1. The molecule has 3 aromatic heterocycles. The lowest BCUT2D eigenvalue weighted by Crippen LogP contribution is -2.29. The van der Waals surface area contributed by atoms with Crippen LogP contribution in [0.1, 0.15) is 12.8 Å². The second kappa shape index (κ2) is 8.58. The Kier molecular flexibility index (Phi) is 5.47. The number of nitrogens with one attached hydrogen (secondary N) is 2. The maximum Gasteiger partial charge on any atom is 0.179 e. The zero-order valence-corrected chi connectivity index (χ0v) is 19.1. The van der Waals surface area contributed by atoms with E-state index in [4.69, 9.17) is 5.73 Å². The maximum atomic E-state index is 6.10. The standard InChI is InChI=1S/C22H29N11/c1-30(2)8-9-31(3)18-7-6-16(10-19(18)32-13-25-26-14-32)28-21-11-17(27-15-4-5-15)22-24-12-20(23)33(22)29-21/h6-7,10-15,27H,4-5,8-9,23H2,1-3H3,(H,28,29). The highest BCUT2D eigenvalue weighted by Crippen LogP contribution is 2.31. The van der Waals surface area contributed by atoms with E-state index in [9.17, 15) is 0 Å². The van der Waals surface area contributed by atoms with Crippen molar-refractivity contribution in [3.63, 3.8) is 0 Å². The molecular weight excluding hydrogens is 418 g/mol. The van der Waals surface area contributed by atoms with Gasteiger partial charge in [-0.25, -0.2) is 4.98 Å². The van der Waals surface area contributed by atoms with Crippen molar-refractivity contribution in [2.75, 3.05) is 55.5 Å². The number of nitrogen functional groups attached to an aromatic ring is 1. The highest BCUT2D eigenvalue weighted by Gasteiger charge is 2.23. The van der Waals surface area contributed by atoms with Crippen molar-refractivity contribution in [1.29, 1.82) is 0 Å². The third kappa shape index (κ3) is 4.53. The number of anilines is 5. The van der Waals surface area contributed by atoms with E-state index >= 15 is 0 Å². The second-order valence-electron chi connectivity index (χ2n) is 8.70. The number of hydrogen-bond donors (Lipinski definition) is 3. The van der Waals surface area contributed by atoms with Gasteiger partial charge in [0, 0.05) is 37.9 Å². The predicted octanol–water partition coefficient (Wildman–Crippen LogP) is 2.21. The van der Waals surface area contributed by atoms with Crippen LogP contribution in [0.2, 0.25) is 0 Å². The fraction of sp³-hybridized carbons (Fsp3) is 0.364. The molecule has 3 heterocycles. The summed E-state index contributed by atoms with van der Waals surface area (Å²) in [5, 5.41) is 19.6. The summed E-state index contributed by atoms with van der Waals surface area (Å²) in [6.07, 6.45) is 7.37. The van der Waals surface area contributed by atoms with Gasteiger partial charge in [-0.1, -0.05) is 0 Å². The van der Waals surface area contributed by atoms with E-state index in [0.29, 0.717) is 17.7 Å². The van der Waals surface area contributed by atoms with Crippen molar-refractivity contribution in [2.45, 2.75) is 18.9 Å². The Morgan fingerprint density at radius 1 is 1.09 bits per heavy atom. The average Bonchev–Trinajstić information content (AvgIpc) is 3.29. The van der Waals surface area contributed by atoms with Crippen molar-refractivity contribution >= 4 is 34.3 Å². The smallest absolute Gasteiger partial charge is 0.179 e. The van der Waals surface area contributed by atoms with Gasteiger partial charge >= 0.3 is 0 Å². The van der Waals surface area contributed by atoms with Crippen LogP contribution in [0, 0.1) is 0 Å². The van der Waals surface area contributed by atoms with Gasteiger partial charge in [0.15, 0.2) is 11.5 Å². The molecule has 11 heteroatoms. The van der Waals surface area contributed by atoms with Crippen LogP contribution < -0.4 is 21.3 Å². The summed E-state index contributed by atoms with van der Waals surface area (Å²) in [5.41, 5.74) is 10.7. The normalized spacial score (nSPS) is 13.6. The first kappa shape index (κ1) is 21.0. The van der Waals surface area contributed by atoms with E-state index in [1.165, 1.54) is 12.8 Å². The van der Waals surface area contributed by atoms with Crippen molar-refractivity contribution in [1.82, 2.24) is 34.3 Å². The summed E-state index contributed by atoms with van der Waals surface area (Å²) in [6.45, 7) is 1.84. The van der Waals surface area contributed by atoms with E-state index < -0.39 is 0 Å². The Hall–Kier alpha value is -3.86. The van der Waals surface area contributed by atoms with E-state index in [2.05, 4.69) is 74.0 Å². The minimum Gasteiger partial charge on any atom is -0.382 e. The SMILES string of the molecule is CN(C)CCN(C)c1ccc(Nc2cc(NC3CC3)c3ncc(N)n3n2)cc1-n1cnnc1. The zero-order chi connectivity index (χ0) is 22.9. The van der Waals surface area contributed by atoms with Gasteiger partial charge in [0.2, 0.25) is 0 Å². The van der Waals surface area contributed by atoms with Crippen LogP contribution in [0.4, 0.5) is 28.7 Å². The van der Waals surface area contributed by atoms with Crippen molar-refractivity contribution in [3.05, 3.63) is 43.1 Å². The highest BCUT2D eigenvalue weighted by molar-refractivity contribution is 5.76. The monoisotopic (exact) mass is 447 g/mol. The molecule has 0 atom stereocenters. The van der Waals surface area contributed by atoms with Gasteiger partial charge < -0.3 is 26.2 Å². The number of hydrogen-bond acceptors (Lipinski definition) is 9. The van der Waals surface area contributed by atoms with Crippen LogP contribution in [-0.2, 0) is 0 Å². The van der Waals surface area contributed by atoms with Gasteiger partial charge in [0.25, 0.3) is 0 Å². The van der Waals surface area contributed by atoms with Gasteiger partial charge in [-0.3, -0.25) is 4.57 Å². The summed E-state index contributed by atoms with van der Waals surface area (Å²) in [6, 6.07) is 8.68. The molecule has 1 aliphatic rings. The Labute approximate surface area is 192 Å². The lowest BCUT2D eigenvalue weighted by atomic mass is 10.2. The number of nitrogens with zero attached hydrogens (tertiary/aromatic N) is 8. The molecule has 33 heavy (non-hydrogen) atoms. The van der Waals surface area contributed by atoms with Crippen molar-refractivity contribution in [3.8, 4) is 5.69 Å². The van der Waals surface area contributed by atoms with Gasteiger partial charge in [-0.2, -0.15) is 4.52 Å². The van der Waals surface area contributed by atoms with Crippen LogP contribution in [0.3, 0.4) is 0 Å². The quantitative estimate of drug-likeness (QED) is 0.355. The molecule has 1 aliphatic carbocycles. The lowest BCUT2D eigenvalue weighted by molar-refractivity contribution is 0.416. The fourth-order valence-electron chi connectivity index (χ4n) is 3.67. The van der Waals surface area contributed by atoms with Crippen molar-refractivity contribution in [2.24, 2.45) is 0 Å². The molecule has 0 saturated heterocycles. The van der Waals surface area contributed by atoms with E-state index in [1.807, 2.05) is 16.7 Å². The van der Waals surface area contributed by atoms with Crippen LogP contribution >= 0.6 is 0 Å². The van der Waals surface area contributed by atoms with Gasteiger partial charge in [0.05, 0.1) is 23.3 Å². The molecule has 0 aliphatic heterocycles. The first-order chi connectivity index (χ1) is 16.0. The summed E-state index contributed by atoms with van der Waals surface area (Å²) in [4.78, 5) is 8.81. The topological polar surface area (TPSA) is 117 Å². The highest BCUT2D eigenvalue weighted by atomic mass is 15.3. The molecule has 5 rings (SSSR count). The number of imidazole rings is 1. The number of nitrogens with two attached hydrogens (primary N) is 1. The summed E-state index contributed by atoms with van der Waals surface area (Å²) < 4.78 is 3.58. The van der Waals surface area contributed by atoms with E-state index in [1.54, 1.807) is 23.4 Å². The van der Waals surface area contributed by atoms with Gasteiger partial charge in [-0.15, -0.1) is 15.3 Å². The lowest BCUT2D eigenvalue weighted by Gasteiger charge is -2.25. The van der Waals surface area contributed by atoms with Crippen LogP contribution in [0.5, 0.6) is 0 Å². The molecule has 172 valence electrons. The Morgan fingerprint density at radius 2 is 1.88 bits per heavy atom. The predicted molar refractivity (Wildman–Crippen MR) is 131 cm³/mol. The second-order valence-corrected chi connectivity index (χ2v) is 8.70. The molecule has 1 aromatic carbocycles. The van der Waals surface area contributed by atoms with Crippen LogP contribution in [0.25, 0.3) is 11.3 Å². The number of fused-ring (bicyclic) bond motifs is 1. The zero-order valence-electron chi connectivity index (χ0n) is 19.1. The maximum absolute atomic E-state index is 6.10. The molecule has 4 N–H and O–H groups in total. The molecule has 4 aromatic rings. The number of aromatic nitrogens is 6. The molecule has 0 amide bonds. The molecular formula is C22H29N11. The molecule has 1 fully saturated rings. The largest absolute Gasteiger partial charge is 0.382 e. The minimum absolute atomic E-state index is 0.485. The van der Waals surface area contributed by atoms with E-state index in [-0.39, 0.29) is 0 Å². The first-order valence-electron chi connectivity index (χ1n) is 11.0. The Morgan fingerprint density at radius 3 is 2.61 bits per heavy atom. The minimum atomic E-state index is 0.485. The van der Waals surface area contributed by atoms with Crippen LogP contribution in [0.15, 0.2) is 43.1 Å². The average molecular weight is 448 g/mol. The summed E-state index contributed by atoms with van der Waals surface area (Å²) in [7, 11) is 6.24. The van der Waals surface area contributed by atoms with E-state index in [0.717, 1.165) is 41.5 Å². The Bertz CT molecular complexity index is 1240. The molecule has 0 bridgehead atoms. The molecule has 11 nitrogen and oxygen atoms in total.